The molecule has 2 aromatic carbocycles. The van der Waals surface area contributed by atoms with Crippen LogP contribution in [0, 0.1) is 24.4 Å². The first-order chi connectivity index (χ1) is 20.5. The minimum Gasteiger partial charge on any atom is -0.333 e. The highest BCUT2D eigenvalue weighted by Gasteiger charge is 2.25. The van der Waals surface area contributed by atoms with Crippen LogP contribution >= 0.6 is 0 Å². The minimum atomic E-state index is -4.43. The maximum atomic E-state index is 15.6. The minimum absolute atomic E-state index is 0.0621. The first-order valence-corrected chi connectivity index (χ1v) is 14.5. The van der Waals surface area contributed by atoms with Gasteiger partial charge in [0.2, 0.25) is 5.91 Å². The fourth-order valence-corrected chi connectivity index (χ4v) is 6.18. The van der Waals surface area contributed by atoms with Crippen LogP contribution in [0.4, 0.5) is 36.1 Å². The van der Waals surface area contributed by atoms with E-state index in [0.29, 0.717) is 30.0 Å². The van der Waals surface area contributed by atoms with Gasteiger partial charge in [0.05, 0.1) is 33.7 Å². The summed E-state index contributed by atoms with van der Waals surface area (Å²) in [7, 11) is -4.43. The number of anilines is 4. The van der Waals surface area contributed by atoms with E-state index in [1.165, 1.54) is 37.0 Å². The van der Waals surface area contributed by atoms with Crippen molar-refractivity contribution in [3.05, 3.63) is 83.7 Å². The zero-order chi connectivity index (χ0) is 30.5. The zero-order valence-electron chi connectivity index (χ0n) is 22.8. The summed E-state index contributed by atoms with van der Waals surface area (Å²) >= 11 is 0. The number of fused-ring (bicyclic) bond motifs is 2. The number of nitrogens with one attached hydrogen (secondary N) is 2. The van der Waals surface area contributed by atoms with E-state index in [2.05, 4.69) is 30.1 Å². The van der Waals surface area contributed by atoms with Crippen molar-refractivity contribution >= 4 is 49.8 Å². The average molecular weight is 609 g/mol. The summed E-state index contributed by atoms with van der Waals surface area (Å²) in [4.78, 5) is 26.2. The van der Waals surface area contributed by atoms with Crippen molar-refractivity contribution < 1.29 is 26.4 Å². The van der Waals surface area contributed by atoms with E-state index in [-0.39, 0.29) is 22.8 Å². The van der Waals surface area contributed by atoms with Gasteiger partial charge in [0, 0.05) is 19.0 Å². The van der Waals surface area contributed by atoms with Crippen LogP contribution in [0.1, 0.15) is 24.6 Å². The molecule has 0 fully saturated rings. The van der Waals surface area contributed by atoms with Crippen LogP contribution in [-0.4, -0.2) is 45.6 Å². The molecule has 1 amide bonds. The second-order valence-corrected chi connectivity index (χ2v) is 11.5. The molecule has 43 heavy (non-hydrogen) atoms. The Morgan fingerprint density at radius 2 is 1.84 bits per heavy atom. The van der Waals surface area contributed by atoms with Crippen LogP contribution in [0.25, 0.3) is 16.9 Å². The van der Waals surface area contributed by atoms with Crippen LogP contribution < -0.4 is 14.9 Å². The summed E-state index contributed by atoms with van der Waals surface area (Å²) in [5, 5.41) is 7.15. The second kappa shape index (κ2) is 10.7. The van der Waals surface area contributed by atoms with Crippen molar-refractivity contribution in [2.75, 3.05) is 21.5 Å². The van der Waals surface area contributed by atoms with E-state index in [0.717, 1.165) is 30.3 Å². The van der Waals surface area contributed by atoms with Crippen molar-refractivity contribution in [3.63, 3.8) is 0 Å². The van der Waals surface area contributed by atoms with E-state index in [9.17, 15) is 22.0 Å². The number of carbonyl (C=O) groups excluding carboxylic acids is 1. The molecule has 0 aliphatic carbocycles. The Kier molecular flexibility index (Phi) is 6.96. The molecule has 2 N–H and O–H groups in total. The van der Waals surface area contributed by atoms with Crippen molar-refractivity contribution in [1.82, 2.24) is 24.7 Å². The zero-order valence-corrected chi connectivity index (χ0v) is 23.6. The molecule has 220 valence electrons. The predicted molar refractivity (Wildman–Crippen MR) is 152 cm³/mol. The van der Waals surface area contributed by atoms with Crippen LogP contribution in [0.3, 0.4) is 0 Å². The Labute approximate surface area is 243 Å². The molecule has 4 heterocycles. The first kappa shape index (κ1) is 28.1. The number of hydrogen-bond donors (Lipinski definition) is 2. The molecule has 0 unspecified atom stereocenters. The number of carbonyl (C=O) groups is 1. The quantitative estimate of drug-likeness (QED) is 0.281. The molecule has 15 heteroatoms. The highest BCUT2D eigenvalue weighted by Crippen LogP contribution is 2.33. The fraction of sp³-hybridized carbons (Fsp3) is 0.179. The monoisotopic (exact) mass is 608 g/mol. The summed E-state index contributed by atoms with van der Waals surface area (Å²) in [6.45, 7) is 3.34. The lowest BCUT2D eigenvalue weighted by molar-refractivity contribution is -0.116. The van der Waals surface area contributed by atoms with Crippen LogP contribution in [-0.2, 0) is 21.2 Å². The molecule has 0 radical (unpaired) electrons. The number of aromatic nitrogens is 5. The van der Waals surface area contributed by atoms with E-state index in [4.69, 9.17) is 0 Å². The van der Waals surface area contributed by atoms with E-state index in [1.807, 2.05) is 0 Å². The van der Waals surface area contributed by atoms with E-state index >= 15 is 4.39 Å². The lowest BCUT2D eigenvalue weighted by atomic mass is 10.1. The molecular formula is C28H23F3N8O3S. The van der Waals surface area contributed by atoms with Crippen molar-refractivity contribution in [2.24, 2.45) is 0 Å². The van der Waals surface area contributed by atoms with Crippen molar-refractivity contribution in [1.29, 1.82) is 0 Å². The Balaban J connectivity index is 1.36. The third kappa shape index (κ3) is 5.11. The number of aryl methyl sites for hydroxylation is 1. The van der Waals surface area contributed by atoms with Crippen LogP contribution in [0.5, 0.6) is 0 Å². The molecule has 0 atom stereocenters. The third-order valence-electron chi connectivity index (χ3n) is 7.02. The van der Waals surface area contributed by atoms with Gasteiger partial charge in [-0.2, -0.15) is 5.10 Å². The fourth-order valence-electron chi connectivity index (χ4n) is 4.87. The van der Waals surface area contributed by atoms with Gasteiger partial charge in [0.15, 0.2) is 17.5 Å². The van der Waals surface area contributed by atoms with Gasteiger partial charge in [0.25, 0.3) is 10.0 Å². The van der Waals surface area contributed by atoms with Gasteiger partial charge >= 0.3 is 0 Å². The van der Waals surface area contributed by atoms with Crippen molar-refractivity contribution in [3.8, 4) is 5.82 Å². The molecule has 0 bridgehead atoms. The first-order valence-electron chi connectivity index (χ1n) is 13.0. The maximum absolute atomic E-state index is 15.6. The molecule has 6 rings (SSSR count). The Morgan fingerprint density at radius 3 is 2.63 bits per heavy atom. The van der Waals surface area contributed by atoms with Crippen molar-refractivity contribution in [2.45, 2.75) is 31.6 Å². The van der Waals surface area contributed by atoms with E-state index < -0.39 is 43.7 Å². The largest absolute Gasteiger partial charge is 0.333 e. The van der Waals surface area contributed by atoms with Gasteiger partial charge in [-0.15, -0.1) is 0 Å². The van der Waals surface area contributed by atoms with Crippen LogP contribution in [0.2, 0.25) is 0 Å². The predicted octanol–water partition coefficient (Wildman–Crippen LogP) is 4.78. The van der Waals surface area contributed by atoms with Crippen LogP contribution in [0.15, 0.2) is 59.9 Å². The molecule has 11 nitrogen and oxygen atoms in total. The second-order valence-electron chi connectivity index (χ2n) is 9.82. The number of pyridine rings is 1. The summed E-state index contributed by atoms with van der Waals surface area (Å²) in [5.74, 6) is -2.87. The summed E-state index contributed by atoms with van der Waals surface area (Å²) in [5.41, 5.74) is 0.492. The Bertz CT molecular complexity index is 2030. The summed E-state index contributed by atoms with van der Waals surface area (Å²) in [6.07, 6.45) is 4.33. The van der Waals surface area contributed by atoms with Gasteiger partial charge in [-0.25, -0.2) is 41.2 Å². The average Bonchev–Trinajstić information content (AvgIpc) is 3.42. The number of nitrogens with zero attached hydrogens (tertiary/aromatic N) is 6. The number of sulfonamides is 1. The highest BCUT2D eigenvalue weighted by atomic mass is 32.2. The molecule has 0 spiro atoms. The number of amides is 1. The Hall–Kier alpha value is -5.05. The molecule has 0 saturated carbocycles. The molecule has 0 saturated heterocycles. The highest BCUT2D eigenvalue weighted by molar-refractivity contribution is 7.92. The summed E-state index contributed by atoms with van der Waals surface area (Å²) < 4.78 is 74.0. The molecular weight excluding hydrogens is 585 g/mol. The van der Waals surface area contributed by atoms with Gasteiger partial charge < -0.3 is 10.2 Å². The number of rotatable bonds is 6. The SMILES string of the molecule is CC(=O)N1CCCc2nn(-c3ccc4ncnc(Nc5c(F)ccc(NS(=O)(=O)c6cccc(F)c6C)c5F)c4n3)cc21. The van der Waals surface area contributed by atoms with Gasteiger partial charge in [-0.1, -0.05) is 6.07 Å². The number of benzene rings is 2. The van der Waals surface area contributed by atoms with E-state index in [1.54, 1.807) is 23.2 Å². The third-order valence-corrected chi connectivity index (χ3v) is 8.53. The standard InChI is InChI=1S/C28H23F3N8O3S/c1-15-17(29)5-3-7-23(15)43(41,42)37-20-9-8-18(30)26(25(20)31)35-28-27-21(32-14-33-28)10-11-24(34-27)39-13-22-19(36-39)6-4-12-38(22)16(2)40/h3,5,7-11,13-14,37H,4,6,12H2,1-2H3,(H,32,33,35). The number of halogens is 3. The number of hydrogen-bond acceptors (Lipinski definition) is 8. The van der Waals surface area contributed by atoms with Gasteiger partial charge in [0.1, 0.15) is 29.2 Å². The maximum Gasteiger partial charge on any atom is 0.262 e. The van der Waals surface area contributed by atoms with Gasteiger partial charge in [-0.05, 0) is 56.2 Å². The molecule has 1 aliphatic rings. The molecule has 3 aromatic heterocycles. The topological polar surface area (TPSA) is 135 Å². The summed E-state index contributed by atoms with van der Waals surface area (Å²) in [6, 6.07) is 8.56. The smallest absolute Gasteiger partial charge is 0.262 e. The lowest BCUT2D eigenvalue weighted by Gasteiger charge is -2.24. The molecule has 1 aliphatic heterocycles. The molecule has 5 aromatic rings. The van der Waals surface area contributed by atoms with Gasteiger partial charge in [-0.3, -0.25) is 9.52 Å². The Morgan fingerprint density at radius 1 is 1.02 bits per heavy atom. The normalized spacial score (nSPS) is 13.2. The lowest BCUT2D eigenvalue weighted by Crippen LogP contribution is -2.32.